The van der Waals surface area contributed by atoms with Gasteiger partial charge in [0.15, 0.2) is 0 Å². The van der Waals surface area contributed by atoms with Gasteiger partial charge in [0.2, 0.25) is 0 Å². The summed E-state index contributed by atoms with van der Waals surface area (Å²) < 4.78 is 0. The molecule has 0 atom stereocenters. The van der Waals surface area contributed by atoms with Crippen LogP contribution in [0, 0.1) is 0 Å². The molecule has 0 radical (unpaired) electrons. The van der Waals surface area contributed by atoms with Gasteiger partial charge >= 0.3 is 6.03 Å². The van der Waals surface area contributed by atoms with Gasteiger partial charge in [-0.3, -0.25) is 0 Å². The van der Waals surface area contributed by atoms with Crippen LogP contribution in [-0.2, 0) is 6.54 Å². The van der Waals surface area contributed by atoms with Gasteiger partial charge in [0.1, 0.15) is 0 Å². The molecule has 3 nitrogen and oxygen atoms in total. The summed E-state index contributed by atoms with van der Waals surface area (Å²) in [6.07, 6.45) is 0.770. The van der Waals surface area contributed by atoms with Crippen molar-refractivity contribution in [1.29, 1.82) is 0 Å². The van der Waals surface area contributed by atoms with Crippen molar-refractivity contribution in [2.45, 2.75) is 13.0 Å². The molecule has 1 aromatic rings. The van der Waals surface area contributed by atoms with E-state index in [0.717, 1.165) is 12.0 Å². The van der Waals surface area contributed by atoms with Gasteiger partial charge in [-0.15, -0.1) is 11.6 Å². The molecular weight excluding hydrogens is 247 g/mol. The Balaban J connectivity index is 2.26. The molecular formula is C11H14Cl2N2O. The maximum atomic E-state index is 11.3. The molecule has 0 aliphatic carbocycles. The molecule has 88 valence electrons. The fourth-order valence-corrected chi connectivity index (χ4v) is 1.51. The minimum absolute atomic E-state index is 0.190. The van der Waals surface area contributed by atoms with Crippen molar-refractivity contribution in [2.75, 3.05) is 12.4 Å². The van der Waals surface area contributed by atoms with Crippen LogP contribution in [0.15, 0.2) is 24.3 Å². The Bertz CT molecular complexity index is 345. The van der Waals surface area contributed by atoms with E-state index in [4.69, 9.17) is 23.2 Å². The summed E-state index contributed by atoms with van der Waals surface area (Å²) in [6.45, 7) is 1.05. The predicted molar refractivity (Wildman–Crippen MR) is 67.0 cm³/mol. The molecule has 16 heavy (non-hydrogen) atoms. The van der Waals surface area contributed by atoms with Crippen LogP contribution in [0.4, 0.5) is 4.79 Å². The van der Waals surface area contributed by atoms with Crippen LogP contribution >= 0.6 is 23.2 Å². The third-order valence-corrected chi connectivity index (χ3v) is 2.44. The molecule has 0 bridgehead atoms. The van der Waals surface area contributed by atoms with Crippen LogP contribution in [0.3, 0.4) is 0 Å². The topological polar surface area (TPSA) is 41.1 Å². The molecule has 0 saturated heterocycles. The molecule has 0 aliphatic heterocycles. The molecule has 5 heteroatoms. The minimum atomic E-state index is -0.190. The average molecular weight is 261 g/mol. The first-order valence-corrected chi connectivity index (χ1v) is 5.95. The summed E-state index contributed by atoms with van der Waals surface area (Å²) in [5, 5.41) is 6.10. The molecule has 0 fully saturated rings. The highest BCUT2D eigenvalue weighted by Crippen LogP contribution is 2.09. The maximum absolute atomic E-state index is 11.3. The number of urea groups is 1. The first-order chi connectivity index (χ1) is 7.72. The monoisotopic (exact) mass is 260 g/mol. The number of benzene rings is 1. The predicted octanol–water partition coefficient (Wildman–Crippen LogP) is 2.77. The highest BCUT2D eigenvalue weighted by atomic mass is 35.5. The molecule has 2 N–H and O–H groups in total. The van der Waals surface area contributed by atoms with Gasteiger partial charge in [-0.1, -0.05) is 23.7 Å². The van der Waals surface area contributed by atoms with Gasteiger partial charge in [-0.2, -0.15) is 0 Å². The van der Waals surface area contributed by atoms with Crippen molar-refractivity contribution >= 4 is 29.2 Å². The van der Waals surface area contributed by atoms with Crippen molar-refractivity contribution < 1.29 is 4.79 Å². The molecule has 1 aromatic carbocycles. The van der Waals surface area contributed by atoms with E-state index in [2.05, 4.69) is 10.6 Å². The maximum Gasteiger partial charge on any atom is 0.315 e. The van der Waals surface area contributed by atoms with E-state index in [0.29, 0.717) is 24.0 Å². The van der Waals surface area contributed by atoms with Crippen LogP contribution in [0.5, 0.6) is 0 Å². The summed E-state index contributed by atoms with van der Waals surface area (Å²) in [5.74, 6) is 0.550. The van der Waals surface area contributed by atoms with Gasteiger partial charge in [-0.25, -0.2) is 4.79 Å². The van der Waals surface area contributed by atoms with E-state index in [1.807, 2.05) is 18.2 Å². The number of hydrogen-bond donors (Lipinski definition) is 2. The van der Waals surface area contributed by atoms with Gasteiger partial charge < -0.3 is 10.6 Å². The average Bonchev–Trinajstić information content (AvgIpc) is 2.27. The second-order valence-corrected chi connectivity index (χ2v) is 4.10. The van der Waals surface area contributed by atoms with E-state index >= 15 is 0 Å². The standard InChI is InChI=1S/C11H14Cl2N2O/c12-5-2-6-14-11(16)15-8-9-3-1-4-10(13)7-9/h1,3-4,7H,2,5-6,8H2,(H2,14,15,16). The number of hydrogen-bond acceptors (Lipinski definition) is 1. The third kappa shape index (κ3) is 5.24. The Hall–Kier alpha value is -0.930. The number of carbonyl (C=O) groups is 1. The third-order valence-electron chi connectivity index (χ3n) is 1.94. The van der Waals surface area contributed by atoms with Gasteiger partial charge in [0, 0.05) is 24.0 Å². The summed E-state index contributed by atoms with van der Waals surface area (Å²) in [6, 6.07) is 7.19. The number of rotatable bonds is 5. The molecule has 0 unspecified atom stereocenters. The van der Waals surface area contributed by atoms with Crippen LogP contribution in [-0.4, -0.2) is 18.5 Å². The fraction of sp³-hybridized carbons (Fsp3) is 0.364. The van der Waals surface area contributed by atoms with Crippen LogP contribution in [0.25, 0.3) is 0 Å². The Morgan fingerprint density at radius 2 is 2.12 bits per heavy atom. The van der Waals surface area contributed by atoms with Crippen molar-refractivity contribution in [3.05, 3.63) is 34.9 Å². The zero-order valence-corrected chi connectivity index (χ0v) is 10.3. The lowest BCUT2D eigenvalue weighted by Crippen LogP contribution is -2.35. The second kappa shape index (κ2) is 7.36. The van der Waals surface area contributed by atoms with E-state index in [1.54, 1.807) is 6.07 Å². The SMILES string of the molecule is O=C(NCCCCl)NCc1cccc(Cl)c1. The van der Waals surface area contributed by atoms with Crippen LogP contribution in [0.2, 0.25) is 5.02 Å². The number of carbonyl (C=O) groups excluding carboxylic acids is 1. The highest BCUT2D eigenvalue weighted by molar-refractivity contribution is 6.30. The Morgan fingerprint density at radius 3 is 2.81 bits per heavy atom. The van der Waals surface area contributed by atoms with E-state index in [1.165, 1.54) is 0 Å². The number of alkyl halides is 1. The zero-order valence-electron chi connectivity index (χ0n) is 8.80. The van der Waals surface area contributed by atoms with Crippen molar-refractivity contribution in [3.63, 3.8) is 0 Å². The largest absolute Gasteiger partial charge is 0.338 e. The Morgan fingerprint density at radius 1 is 1.31 bits per heavy atom. The molecule has 0 saturated carbocycles. The lowest BCUT2D eigenvalue weighted by molar-refractivity contribution is 0.240. The number of amides is 2. The lowest BCUT2D eigenvalue weighted by atomic mass is 10.2. The quantitative estimate of drug-likeness (QED) is 0.621. The fourth-order valence-electron chi connectivity index (χ4n) is 1.16. The van der Waals surface area contributed by atoms with Gasteiger partial charge in [0.05, 0.1) is 0 Å². The highest BCUT2D eigenvalue weighted by Gasteiger charge is 1.99. The van der Waals surface area contributed by atoms with Crippen LogP contribution in [0.1, 0.15) is 12.0 Å². The van der Waals surface area contributed by atoms with Crippen molar-refractivity contribution in [3.8, 4) is 0 Å². The number of nitrogens with one attached hydrogen (secondary N) is 2. The lowest BCUT2D eigenvalue weighted by Gasteiger charge is -2.07. The molecule has 0 spiro atoms. The normalized spacial score (nSPS) is 9.88. The smallest absolute Gasteiger partial charge is 0.315 e. The Kier molecular flexibility index (Phi) is 6.04. The summed E-state index contributed by atoms with van der Waals surface area (Å²) in [4.78, 5) is 11.3. The van der Waals surface area contributed by atoms with E-state index in [-0.39, 0.29) is 6.03 Å². The zero-order chi connectivity index (χ0) is 11.8. The second-order valence-electron chi connectivity index (χ2n) is 3.28. The Labute approximate surface area is 105 Å². The van der Waals surface area contributed by atoms with Crippen LogP contribution < -0.4 is 10.6 Å². The molecule has 1 rings (SSSR count). The molecule has 0 aliphatic rings. The molecule has 0 heterocycles. The van der Waals surface area contributed by atoms with Gasteiger partial charge in [0.25, 0.3) is 0 Å². The first-order valence-electron chi connectivity index (χ1n) is 5.04. The number of halogens is 2. The van der Waals surface area contributed by atoms with E-state index < -0.39 is 0 Å². The first kappa shape index (κ1) is 13.1. The van der Waals surface area contributed by atoms with Crippen molar-refractivity contribution in [1.82, 2.24) is 10.6 Å². The van der Waals surface area contributed by atoms with Gasteiger partial charge in [-0.05, 0) is 24.1 Å². The summed E-state index contributed by atoms with van der Waals surface area (Å²) in [7, 11) is 0. The summed E-state index contributed by atoms with van der Waals surface area (Å²) in [5.41, 5.74) is 0.972. The molecule has 2 amide bonds. The minimum Gasteiger partial charge on any atom is -0.338 e. The van der Waals surface area contributed by atoms with E-state index in [9.17, 15) is 4.79 Å². The van der Waals surface area contributed by atoms with Crippen molar-refractivity contribution in [2.24, 2.45) is 0 Å². The summed E-state index contributed by atoms with van der Waals surface area (Å²) >= 11 is 11.3. The molecule has 0 aromatic heterocycles.